The molecular formula is C26H28N4O. The van der Waals surface area contributed by atoms with Gasteiger partial charge in [-0.2, -0.15) is 0 Å². The fourth-order valence-corrected chi connectivity index (χ4v) is 4.92. The maximum absolute atomic E-state index is 13.1. The molecule has 2 aromatic carbocycles. The molecule has 0 bridgehead atoms. The Morgan fingerprint density at radius 1 is 0.935 bits per heavy atom. The summed E-state index contributed by atoms with van der Waals surface area (Å²) in [6.45, 7) is 4.05. The van der Waals surface area contributed by atoms with Gasteiger partial charge in [0.25, 0.3) is 5.91 Å². The van der Waals surface area contributed by atoms with Crippen molar-refractivity contribution in [2.75, 3.05) is 22.9 Å². The molecule has 1 atom stereocenters. The number of piperidine rings is 1. The molecule has 0 N–H and O–H groups in total. The van der Waals surface area contributed by atoms with Crippen LogP contribution in [0.1, 0.15) is 41.4 Å². The fraction of sp³-hybridized carbons (Fsp3) is 0.346. The highest BCUT2D eigenvalue weighted by molar-refractivity contribution is 6.06. The lowest BCUT2D eigenvalue weighted by Crippen LogP contribution is -2.37. The predicted molar refractivity (Wildman–Crippen MR) is 124 cm³/mol. The number of nitrogens with zero attached hydrogens (tertiary/aromatic N) is 4. The average Bonchev–Trinajstić information content (AvgIpc) is 3.15. The van der Waals surface area contributed by atoms with Gasteiger partial charge in [-0.05, 0) is 67.9 Å². The van der Waals surface area contributed by atoms with Crippen LogP contribution in [-0.4, -0.2) is 35.2 Å². The second-order valence-corrected chi connectivity index (χ2v) is 8.75. The number of rotatable bonds is 4. The van der Waals surface area contributed by atoms with Gasteiger partial charge in [0.1, 0.15) is 0 Å². The molecule has 3 aromatic rings. The van der Waals surface area contributed by atoms with Crippen LogP contribution in [-0.2, 0) is 12.8 Å². The molecule has 1 amide bonds. The third-order valence-electron chi connectivity index (χ3n) is 6.60. The van der Waals surface area contributed by atoms with Crippen LogP contribution in [0.25, 0.3) is 0 Å². The molecule has 1 aromatic heterocycles. The van der Waals surface area contributed by atoms with E-state index < -0.39 is 0 Å². The molecule has 31 heavy (non-hydrogen) atoms. The quantitative estimate of drug-likeness (QED) is 0.632. The second-order valence-electron chi connectivity index (χ2n) is 8.75. The van der Waals surface area contributed by atoms with Crippen molar-refractivity contribution in [3.05, 3.63) is 83.6 Å². The minimum absolute atomic E-state index is 0.0712. The van der Waals surface area contributed by atoms with Crippen LogP contribution in [0.15, 0.2) is 66.7 Å². The smallest absolute Gasteiger partial charge is 0.279 e. The van der Waals surface area contributed by atoms with Gasteiger partial charge in [-0.3, -0.25) is 4.79 Å². The van der Waals surface area contributed by atoms with E-state index in [-0.39, 0.29) is 11.9 Å². The van der Waals surface area contributed by atoms with E-state index in [1.54, 1.807) is 0 Å². The number of aromatic nitrogens is 2. The summed E-state index contributed by atoms with van der Waals surface area (Å²) in [5.41, 5.74) is 4.03. The third kappa shape index (κ3) is 4.05. The molecule has 3 heterocycles. The molecule has 2 aliphatic rings. The molecule has 0 aliphatic carbocycles. The van der Waals surface area contributed by atoms with E-state index >= 15 is 0 Å². The van der Waals surface area contributed by atoms with E-state index in [0.29, 0.717) is 11.6 Å². The lowest BCUT2D eigenvalue weighted by molar-refractivity contribution is 0.0975. The maximum atomic E-state index is 13.1. The molecule has 5 nitrogen and oxygen atoms in total. The van der Waals surface area contributed by atoms with Crippen LogP contribution >= 0.6 is 0 Å². The van der Waals surface area contributed by atoms with Crippen LogP contribution in [0.3, 0.4) is 0 Å². The van der Waals surface area contributed by atoms with Crippen LogP contribution in [0, 0.1) is 5.92 Å². The maximum Gasteiger partial charge on any atom is 0.279 e. The van der Waals surface area contributed by atoms with Crippen LogP contribution < -0.4 is 9.80 Å². The van der Waals surface area contributed by atoms with Gasteiger partial charge in [0.2, 0.25) is 0 Å². The lowest BCUT2D eigenvalue weighted by atomic mass is 9.90. The van der Waals surface area contributed by atoms with E-state index in [1.165, 1.54) is 11.1 Å². The summed E-state index contributed by atoms with van der Waals surface area (Å²) in [4.78, 5) is 17.3. The summed E-state index contributed by atoms with van der Waals surface area (Å²) < 4.78 is 0. The SMILES string of the molecule is C[C@@H]1Cc2ccccc2N1C(=O)c1ccc(N2CCC(Cc3ccccc3)CC2)nn1. The van der Waals surface area contributed by atoms with Crippen molar-refractivity contribution in [3.8, 4) is 0 Å². The molecule has 0 saturated carbocycles. The first kappa shape index (κ1) is 19.7. The average molecular weight is 413 g/mol. The summed E-state index contributed by atoms with van der Waals surface area (Å²) in [5.74, 6) is 1.51. The predicted octanol–water partition coefficient (Wildman–Crippen LogP) is 4.53. The fourth-order valence-electron chi connectivity index (χ4n) is 4.92. The zero-order valence-electron chi connectivity index (χ0n) is 17.9. The van der Waals surface area contributed by atoms with Gasteiger partial charge in [-0.1, -0.05) is 48.5 Å². The van der Waals surface area contributed by atoms with Gasteiger partial charge in [0.15, 0.2) is 11.5 Å². The van der Waals surface area contributed by atoms with Gasteiger partial charge in [-0.15, -0.1) is 10.2 Å². The number of para-hydroxylation sites is 1. The first-order chi connectivity index (χ1) is 15.2. The number of benzene rings is 2. The van der Waals surface area contributed by atoms with Gasteiger partial charge in [0.05, 0.1) is 0 Å². The first-order valence-electron chi connectivity index (χ1n) is 11.2. The largest absolute Gasteiger partial charge is 0.355 e. The lowest BCUT2D eigenvalue weighted by Gasteiger charge is -2.32. The van der Waals surface area contributed by atoms with E-state index in [2.05, 4.69) is 58.4 Å². The Kier molecular flexibility index (Phi) is 5.41. The Balaban J connectivity index is 1.22. The van der Waals surface area contributed by atoms with Crippen molar-refractivity contribution in [2.24, 2.45) is 5.92 Å². The normalized spacial score (nSPS) is 18.8. The van der Waals surface area contributed by atoms with Gasteiger partial charge in [0, 0.05) is 24.8 Å². The Morgan fingerprint density at radius 3 is 2.42 bits per heavy atom. The van der Waals surface area contributed by atoms with Crippen LogP contribution in [0.4, 0.5) is 11.5 Å². The first-order valence-corrected chi connectivity index (χ1v) is 11.2. The Hall–Kier alpha value is -3.21. The van der Waals surface area contributed by atoms with Crippen molar-refractivity contribution in [1.29, 1.82) is 0 Å². The highest BCUT2D eigenvalue weighted by Crippen LogP contribution is 2.33. The minimum Gasteiger partial charge on any atom is -0.355 e. The zero-order valence-corrected chi connectivity index (χ0v) is 17.9. The molecule has 0 unspecified atom stereocenters. The summed E-state index contributed by atoms with van der Waals surface area (Å²) >= 11 is 0. The molecule has 2 aliphatic heterocycles. The summed E-state index contributed by atoms with van der Waals surface area (Å²) in [6, 6.07) is 22.8. The highest BCUT2D eigenvalue weighted by Gasteiger charge is 2.32. The van der Waals surface area contributed by atoms with E-state index in [4.69, 9.17) is 0 Å². The van der Waals surface area contributed by atoms with E-state index in [0.717, 1.165) is 50.3 Å². The topological polar surface area (TPSA) is 49.3 Å². The number of hydrogen-bond acceptors (Lipinski definition) is 4. The van der Waals surface area contributed by atoms with Crippen molar-refractivity contribution < 1.29 is 4.79 Å². The highest BCUT2D eigenvalue weighted by atomic mass is 16.2. The van der Waals surface area contributed by atoms with Crippen molar-refractivity contribution in [1.82, 2.24) is 10.2 Å². The number of anilines is 2. The number of fused-ring (bicyclic) bond motifs is 1. The molecule has 5 heteroatoms. The van der Waals surface area contributed by atoms with Gasteiger partial charge in [-0.25, -0.2) is 0 Å². The van der Waals surface area contributed by atoms with E-state index in [1.807, 2.05) is 35.2 Å². The number of amides is 1. The van der Waals surface area contributed by atoms with Crippen LogP contribution in [0.5, 0.6) is 0 Å². The Labute approximate surface area is 183 Å². The molecule has 1 fully saturated rings. The van der Waals surface area contributed by atoms with Crippen molar-refractivity contribution in [3.63, 3.8) is 0 Å². The summed E-state index contributed by atoms with van der Waals surface area (Å²) in [6.07, 6.45) is 4.33. The molecule has 5 rings (SSSR count). The minimum atomic E-state index is -0.0712. The van der Waals surface area contributed by atoms with Crippen molar-refractivity contribution >= 4 is 17.4 Å². The monoisotopic (exact) mass is 412 g/mol. The molecule has 0 radical (unpaired) electrons. The molecule has 158 valence electrons. The summed E-state index contributed by atoms with van der Waals surface area (Å²) in [7, 11) is 0. The standard InChI is InChI=1S/C26H28N4O/c1-19-17-22-9-5-6-10-24(22)30(19)26(31)23-11-12-25(28-27-23)29-15-13-21(14-16-29)18-20-7-3-2-4-8-20/h2-12,19,21H,13-18H2,1H3/t19-/m1/s1. The zero-order chi connectivity index (χ0) is 21.2. The third-order valence-corrected chi connectivity index (χ3v) is 6.60. The Bertz CT molecular complexity index is 1040. The number of carbonyl (C=O) groups excluding carboxylic acids is 1. The molecule has 1 saturated heterocycles. The van der Waals surface area contributed by atoms with Crippen LogP contribution in [0.2, 0.25) is 0 Å². The molecule has 0 spiro atoms. The second kappa shape index (κ2) is 8.50. The molecular weight excluding hydrogens is 384 g/mol. The Morgan fingerprint density at radius 2 is 1.68 bits per heavy atom. The number of carbonyl (C=O) groups is 1. The summed E-state index contributed by atoms with van der Waals surface area (Å²) in [5, 5.41) is 8.72. The van der Waals surface area contributed by atoms with Gasteiger partial charge >= 0.3 is 0 Å². The van der Waals surface area contributed by atoms with Gasteiger partial charge < -0.3 is 9.80 Å². The van der Waals surface area contributed by atoms with Crippen molar-refractivity contribution in [2.45, 2.75) is 38.6 Å². The van der Waals surface area contributed by atoms with E-state index in [9.17, 15) is 4.79 Å². The number of hydrogen-bond donors (Lipinski definition) is 0.